The van der Waals surface area contributed by atoms with Crippen LogP contribution in [-0.2, 0) is 0 Å². The monoisotopic (exact) mass is 171 g/mol. The first kappa shape index (κ1) is 7.84. The van der Waals surface area contributed by atoms with Crippen LogP contribution in [0.4, 0.5) is 0 Å². The normalized spacial score (nSPS) is 12.5. The van der Waals surface area contributed by atoms with Gasteiger partial charge < -0.3 is 4.74 Å². The molecule has 2 rings (SSSR count). The lowest BCUT2D eigenvalue weighted by Crippen LogP contribution is -1.87. The Hall–Kier alpha value is -1.79. The summed E-state index contributed by atoms with van der Waals surface area (Å²) in [6.45, 7) is 3.58. The highest BCUT2D eigenvalue weighted by Crippen LogP contribution is 2.27. The lowest BCUT2D eigenvalue weighted by molar-refractivity contribution is 0.414. The molecule has 1 heterocycles. The van der Waals surface area contributed by atoms with Gasteiger partial charge in [0.2, 0.25) is 0 Å². The lowest BCUT2D eigenvalue weighted by Gasteiger charge is -2.01. The largest absolute Gasteiger partial charge is 0.497 e. The molecule has 0 spiro atoms. The van der Waals surface area contributed by atoms with Crippen molar-refractivity contribution < 1.29 is 4.74 Å². The second-order valence-corrected chi connectivity index (χ2v) is 2.74. The number of fused-ring (bicyclic) bond motifs is 1. The first-order chi connectivity index (χ1) is 6.35. The molecule has 0 saturated heterocycles. The van der Waals surface area contributed by atoms with Crippen LogP contribution in [0.1, 0.15) is 11.1 Å². The quantitative estimate of drug-likeness (QED) is 0.594. The third-order valence-corrected chi connectivity index (χ3v) is 2.01. The van der Waals surface area contributed by atoms with Crippen molar-refractivity contribution >= 4 is 11.9 Å². The van der Waals surface area contributed by atoms with Gasteiger partial charge in [0.1, 0.15) is 11.4 Å². The molecule has 2 nitrogen and oxygen atoms in total. The first-order valence-electron chi connectivity index (χ1n) is 3.97. The Morgan fingerprint density at radius 1 is 1.46 bits per heavy atom. The van der Waals surface area contributed by atoms with Gasteiger partial charge in [0.05, 0.1) is 7.11 Å². The first-order valence-corrected chi connectivity index (χ1v) is 3.97. The molecule has 0 aromatic heterocycles. The molecule has 0 aliphatic carbocycles. The van der Waals surface area contributed by atoms with E-state index in [0.717, 1.165) is 22.6 Å². The third-order valence-electron chi connectivity index (χ3n) is 2.01. The van der Waals surface area contributed by atoms with Gasteiger partial charge in [0, 0.05) is 17.3 Å². The smallest absolute Gasteiger partial charge is 0.119 e. The molecule has 0 fully saturated rings. The Morgan fingerprint density at radius 3 is 3.00 bits per heavy atom. The van der Waals surface area contributed by atoms with Crippen molar-refractivity contribution in [3.8, 4) is 5.75 Å². The van der Waals surface area contributed by atoms with Gasteiger partial charge in [0.25, 0.3) is 0 Å². The predicted octanol–water partition coefficient (Wildman–Crippen LogP) is 2.25. The van der Waals surface area contributed by atoms with E-state index in [1.54, 1.807) is 13.3 Å². The van der Waals surface area contributed by atoms with Crippen molar-refractivity contribution in [2.75, 3.05) is 7.11 Å². The third kappa shape index (κ3) is 1.17. The number of aliphatic imine (C=N–C) groups is 1. The Labute approximate surface area is 76.9 Å². The molecule has 0 bridgehead atoms. The number of hydrogen-bond acceptors (Lipinski definition) is 2. The van der Waals surface area contributed by atoms with Crippen molar-refractivity contribution in [3.05, 3.63) is 41.6 Å². The molecule has 1 aromatic carbocycles. The van der Waals surface area contributed by atoms with Crippen molar-refractivity contribution in [1.29, 1.82) is 0 Å². The van der Waals surface area contributed by atoms with Crippen LogP contribution in [0.5, 0.6) is 5.75 Å². The highest BCUT2D eigenvalue weighted by atomic mass is 16.5. The van der Waals surface area contributed by atoms with Crippen molar-refractivity contribution in [3.63, 3.8) is 0 Å². The summed E-state index contributed by atoms with van der Waals surface area (Å²) in [4.78, 5) is 4.16. The minimum Gasteiger partial charge on any atom is -0.497 e. The maximum Gasteiger partial charge on any atom is 0.119 e. The van der Waals surface area contributed by atoms with Gasteiger partial charge >= 0.3 is 0 Å². The van der Waals surface area contributed by atoms with E-state index < -0.39 is 0 Å². The average molecular weight is 171 g/mol. The van der Waals surface area contributed by atoms with Crippen molar-refractivity contribution in [2.45, 2.75) is 0 Å². The Balaban J connectivity index is 2.58. The van der Waals surface area contributed by atoms with Gasteiger partial charge in [-0.15, -0.1) is 5.73 Å². The van der Waals surface area contributed by atoms with Gasteiger partial charge in [-0.25, -0.2) is 4.99 Å². The van der Waals surface area contributed by atoms with Crippen molar-refractivity contribution in [1.82, 2.24) is 0 Å². The predicted molar refractivity (Wildman–Crippen MR) is 53.1 cm³/mol. The maximum atomic E-state index is 5.10. The van der Waals surface area contributed by atoms with Crippen LogP contribution in [0.15, 0.2) is 35.5 Å². The lowest BCUT2D eigenvalue weighted by atomic mass is 10.1. The van der Waals surface area contributed by atoms with E-state index in [2.05, 4.69) is 17.3 Å². The van der Waals surface area contributed by atoms with E-state index in [4.69, 9.17) is 4.74 Å². The van der Waals surface area contributed by atoms with E-state index in [1.807, 2.05) is 18.2 Å². The highest BCUT2D eigenvalue weighted by molar-refractivity contribution is 5.97. The maximum absolute atomic E-state index is 5.10. The van der Waals surface area contributed by atoms with Crippen LogP contribution in [0.2, 0.25) is 0 Å². The van der Waals surface area contributed by atoms with Gasteiger partial charge in [-0.1, -0.05) is 6.58 Å². The van der Waals surface area contributed by atoms with Gasteiger partial charge in [0.15, 0.2) is 0 Å². The van der Waals surface area contributed by atoms with E-state index in [9.17, 15) is 0 Å². The molecule has 0 amide bonds. The van der Waals surface area contributed by atoms with Gasteiger partial charge in [-0.05, 0) is 18.2 Å². The zero-order valence-corrected chi connectivity index (χ0v) is 7.37. The Bertz CT molecular complexity index is 426. The summed E-state index contributed by atoms with van der Waals surface area (Å²) < 4.78 is 5.10. The van der Waals surface area contributed by atoms with Crippen LogP contribution < -0.4 is 4.74 Å². The molecule has 13 heavy (non-hydrogen) atoms. The number of benzene rings is 1. The van der Waals surface area contributed by atoms with Crippen LogP contribution >= 0.6 is 0 Å². The molecule has 1 aromatic rings. The topological polar surface area (TPSA) is 21.6 Å². The summed E-state index contributed by atoms with van der Waals surface area (Å²) >= 11 is 0. The number of rotatable bonds is 1. The van der Waals surface area contributed by atoms with E-state index >= 15 is 0 Å². The minimum absolute atomic E-state index is 0.803. The molecule has 0 unspecified atom stereocenters. The van der Waals surface area contributed by atoms with Crippen LogP contribution in [-0.4, -0.2) is 13.3 Å². The molecular formula is C11H9NO. The second kappa shape index (κ2) is 2.92. The number of nitrogens with zero attached hydrogens (tertiary/aromatic N) is 1. The summed E-state index contributed by atoms with van der Waals surface area (Å²) in [5.74, 6) is 0.843. The van der Waals surface area contributed by atoms with E-state index in [1.165, 1.54) is 0 Å². The second-order valence-electron chi connectivity index (χ2n) is 2.74. The van der Waals surface area contributed by atoms with E-state index in [0.29, 0.717) is 0 Å². The summed E-state index contributed by atoms with van der Waals surface area (Å²) in [7, 11) is 1.65. The zero-order valence-electron chi connectivity index (χ0n) is 7.37. The summed E-state index contributed by atoms with van der Waals surface area (Å²) in [6, 6.07) is 5.82. The molecule has 1 aliphatic rings. The van der Waals surface area contributed by atoms with Gasteiger partial charge in [-0.3, -0.25) is 0 Å². The summed E-state index contributed by atoms with van der Waals surface area (Å²) in [5.41, 5.74) is 5.72. The minimum atomic E-state index is 0.803. The molecule has 0 atom stereocenters. The van der Waals surface area contributed by atoms with Gasteiger partial charge in [-0.2, -0.15) is 0 Å². The SMILES string of the molecule is C=C=C1N=Cc2cc(OC)ccc21. The van der Waals surface area contributed by atoms with E-state index in [-0.39, 0.29) is 0 Å². The fourth-order valence-corrected chi connectivity index (χ4v) is 1.33. The molecule has 0 saturated carbocycles. The molecule has 1 aliphatic heterocycles. The molecular weight excluding hydrogens is 162 g/mol. The summed E-state index contributed by atoms with van der Waals surface area (Å²) in [5, 5.41) is 0. The Kier molecular flexibility index (Phi) is 1.76. The molecule has 64 valence electrons. The number of ether oxygens (including phenoxy) is 1. The van der Waals surface area contributed by atoms with Crippen molar-refractivity contribution in [2.24, 2.45) is 4.99 Å². The zero-order chi connectivity index (χ0) is 9.26. The average Bonchev–Trinajstić information content (AvgIpc) is 2.59. The van der Waals surface area contributed by atoms with Crippen LogP contribution in [0, 0.1) is 0 Å². The number of hydrogen-bond donors (Lipinski definition) is 0. The van der Waals surface area contributed by atoms with Crippen LogP contribution in [0.25, 0.3) is 5.70 Å². The number of methoxy groups -OCH3 is 1. The molecule has 2 heteroatoms. The fraction of sp³-hybridized carbons (Fsp3) is 0.0909. The molecule has 0 N–H and O–H groups in total. The molecule has 0 radical (unpaired) electrons. The Morgan fingerprint density at radius 2 is 2.31 bits per heavy atom. The summed E-state index contributed by atoms with van der Waals surface area (Å²) in [6.07, 6.45) is 1.80. The fourth-order valence-electron chi connectivity index (χ4n) is 1.33. The van der Waals surface area contributed by atoms with Crippen LogP contribution in [0.3, 0.4) is 0 Å². The standard InChI is InChI=1S/C11H9NO/c1-3-11-10-5-4-9(13-2)6-8(10)7-12-11/h4-7H,1H2,2H3. The highest BCUT2D eigenvalue weighted by Gasteiger charge is 2.11.